The zero-order valence-electron chi connectivity index (χ0n) is 15.3. The number of allylic oxidation sites excluding steroid dienone is 1. The highest BCUT2D eigenvalue weighted by Crippen LogP contribution is 2.16. The second kappa shape index (κ2) is 8.28. The monoisotopic (exact) mass is 356 g/mol. The van der Waals surface area contributed by atoms with Crippen LogP contribution in [0.4, 0.5) is 0 Å². The molecule has 0 fully saturated rings. The molecule has 0 unspecified atom stereocenters. The predicted octanol–water partition coefficient (Wildman–Crippen LogP) is 5.42. The van der Waals surface area contributed by atoms with Crippen molar-refractivity contribution in [1.29, 1.82) is 0 Å². The van der Waals surface area contributed by atoms with Crippen LogP contribution in [0.2, 0.25) is 0 Å². The summed E-state index contributed by atoms with van der Waals surface area (Å²) >= 11 is 0. The fraction of sp³-hybridized carbons (Fsp3) is 0.0833. The van der Waals surface area contributed by atoms with Crippen LogP contribution >= 0.6 is 0 Å². The number of ether oxygens (including phenoxy) is 1. The first-order valence-electron chi connectivity index (χ1n) is 8.69. The number of aryl methyl sites for hydroxylation is 2. The summed E-state index contributed by atoms with van der Waals surface area (Å²) in [7, 11) is 0. The molecule has 27 heavy (non-hydrogen) atoms. The Kier molecular flexibility index (Phi) is 5.62. The van der Waals surface area contributed by atoms with Gasteiger partial charge in [0.2, 0.25) is 0 Å². The number of hydrogen-bond donors (Lipinski definition) is 0. The van der Waals surface area contributed by atoms with Crippen molar-refractivity contribution < 1.29 is 14.3 Å². The van der Waals surface area contributed by atoms with E-state index in [0.29, 0.717) is 16.9 Å². The van der Waals surface area contributed by atoms with Gasteiger partial charge < -0.3 is 4.74 Å². The molecular weight excluding hydrogens is 336 g/mol. The zero-order chi connectivity index (χ0) is 19.2. The van der Waals surface area contributed by atoms with Gasteiger partial charge in [0.15, 0.2) is 5.78 Å². The third kappa shape index (κ3) is 5.02. The quantitative estimate of drug-likeness (QED) is 0.265. The molecule has 0 aliphatic heterocycles. The number of carbonyl (C=O) groups is 2. The molecule has 3 heteroatoms. The summed E-state index contributed by atoms with van der Waals surface area (Å²) in [6, 6.07) is 21.7. The summed E-state index contributed by atoms with van der Waals surface area (Å²) in [6.07, 6.45) is 3.28. The lowest BCUT2D eigenvalue weighted by Gasteiger charge is -2.05. The van der Waals surface area contributed by atoms with E-state index in [1.807, 2.05) is 50.2 Å². The molecule has 0 heterocycles. The van der Waals surface area contributed by atoms with E-state index in [0.717, 1.165) is 16.7 Å². The Morgan fingerprint density at radius 1 is 0.704 bits per heavy atom. The van der Waals surface area contributed by atoms with E-state index in [9.17, 15) is 9.59 Å². The number of ketones is 1. The summed E-state index contributed by atoms with van der Waals surface area (Å²) in [5, 5.41) is 0. The van der Waals surface area contributed by atoms with E-state index < -0.39 is 5.97 Å². The first kappa shape index (κ1) is 18.3. The fourth-order valence-corrected chi connectivity index (χ4v) is 2.49. The molecule has 0 bridgehead atoms. The molecule has 0 saturated carbocycles. The van der Waals surface area contributed by atoms with Crippen molar-refractivity contribution in [2.45, 2.75) is 13.8 Å². The van der Waals surface area contributed by atoms with Gasteiger partial charge in [0.25, 0.3) is 0 Å². The first-order valence-corrected chi connectivity index (χ1v) is 8.69. The van der Waals surface area contributed by atoms with Gasteiger partial charge in [-0.1, -0.05) is 65.7 Å². The number of rotatable bonds is 5. The maximum Gasteiger partial charge on any atom is 0.343 e. The van der Waals surface area contributed by atoms with Crippen molar-refractivity contribution in [3.05, 3.63) is 107 Å². The van der Waals surface area contributed by atoms with E-state index in [2.05, 4.69) is 0 Å². The van der Waals surface area contributed by atoms with Crippen LogP contribution in [0.25, 0.3) is 6.08 Å². The third-order valence-corrected chi connectivity index (χ3v) is 4.14. The van der Waals surface area contributed by atoms with Crippen molar-refractivity contribution in [2.75, 3.05) is 0 Å². The van der Waals surface area contributed by atoms with Crippen LogP contribution in [-0.2, 0) is 0 Å². The largest absolute Gasteiger partial charge is 0.423 e. The smallest absolute Gasteiger partial charge is 0.343 e. The molecule has 0 aliphatic rings. The van der Waals surface area contributed by atoms with E-state index in [1.54, 1.807) is 42.5 Å². The minimum atomic E-state index is -0.396. The molecule has 134 valence electrons. The molecule has 3 aromatic carbocycles. The SMILES string of the molecule is Cc1ccc(C(=O)C=Cc2ccc(OC(=O)c3ccc(C)cc3)cc2)cc1. The first-order chi connectivity index (χ1) is 13.0. The molecule has 0 saturated heterocycles. The Hall–Kier alpha value is -3.46. The highest BCUT2D eigenvalue weighted by Gasteiger charge is 2.08. The van der Waals surface area contributed by atoms with Crippen LogP contribution in [-0.4, -0.2) is 11.8 Å². The second-order valence-electron chi connectivity index (χ2n) is 6.39. The van der Waals surface area contributed by atoms with Gasteiger partial charge in [0, 0.05) is 5.56 Å². The highest BCUT2D eigenvalue weighted by atomic mass is 16.5. The average molecular weight is 356 g/mol. The van der Waals surface area contributed by atoms with Gasteiger partial charge in [-0.05, 0) is 49.8 Å². The molecule has 3 aromatic rings. The molecule has 0 aromatic heterocycles. The van der Waals surface area contributed by atoms with Crippen LogP contribution in [0.3, 0.4) is 0 Å². The third-order valence-electron chi connectivity index (χ3n) is 4.14. The number of benzene rings is 3. The van der Waals surface area contributed by atoms with Crippen LogP contribution in [0, 0.1) is 13.8 Å². The minimum Gasteiger partial charge on any atom is -0.423 e. The van der Waals surface area contributed by atoms with Crippen LogP contribution in [0.1, 0.15) is 37.4 Å². The molecule has 0 atom stereocenters. The molecule has 0 N–H and O–H groups in total. The van der Waals surface area contributed by atoms with Gasteiger partial charge >= 0.3 is 5.97 Å². The Balaban J connectivity index is 1.62. The molecule has 3 rings (SSSR count). The Morgan fingerprint density at radius 3 is 1.78 bits per heavy atom. The van der Waals surface area contributed by atoms with Crippen LogP contribution in [0.5, 0.6) is 5.75 Å². The minimum absolute atomic E-state index is 0.0510. The lowest BCUT2D eigenvalue weighted by Crippen LogP contribution is -2.08. The molecule has 0 spiro atoms. The summed E-state index contributed by atoms with van der Waals surface area (Å²) in [4.78, 5) is 24.3. The summed E-state index contributed by atoms with van der Waals surface area (Å²) in [5.74, 6) is 0.0142. The van der Waals surface area contributed by atoms with Gasteiger partial charge in [-0.15, -0.1) is 0 Å². The number of esters is 1. The fourth-order valence-electron chi connectivity index (χ4n) is 2.49. The standard InChI is InChI=1S/C24H20O3/c1-17-3-10-20(11-4-17)23(25)16-9-19-7-14-22(15-8-19)27-24(26)21-12-5-18(2)6-13-21/h3-16H,1-2H3. The highest BCUT2D eigenvalue weighted by molar-refractivity contribution is 6.06. The molecule has 0 amide bonds. The van der Waals surface area contributed by atoms with Crippen molar-refractivity contribution in [3.63, 3.8) is 0 Å². The lowest BCUT2D eigenvalue weighted by molar-refractivity contribution is 0.0734. The Morgan fingerprint density at radius 2 is 1.22 bits per heavy atom. The van der Waals surface area contributed by atoms with Gasteiger partial charge in [-0.25, -0.2) is 4.79 Å². The van der Waals surface area contributed by atoms with Crippen molar-refractivity contribution in [2.24, 2.45) is 0 Å². The van der Waals surface area contributed by atoms with E-state index in [1.165, 1.54) is 6.08 Å². The maximum atomic E-state index is 12.2. The number of hydrogen-bond acceptors (Lipinski definition) is 3. The van der Waals surface area contributed by atoms with E-state index >= 15 is 0 Å². The summed E-state index contributed by atoms with van der Waals surface area (Å²) in [5.41, 5.74) is 4.22. The lowest BCUT2D eigenvalue weighted by atomic mass is 10.1. The Bertz CT molecular complexity index is 964. The van der Waals surface area contributed by atoms with Gasteiger partial charge in [-0.3, -0.25) is 4.79 Å². The Labute approximate surface area is 158 Å². The van der Waals surface area contributed by atoms with E-state index in [4.69, 9.17) is 4.74 Å². The normalized spacial score (nSPS) is 10.7. The summed E-state index contributed by atoms with van der Waals surface area (Å²) in [6.45, 7) is 3.95. The molecule has 3 nitrogen and oxygen atoms in total. The molecular formula is C24H20O3. The zero-order valence-corrected chi connectivity index (χ0v) is 15.3. The van der Waals surface area contributed by atoms with Gasteiger partial charge in [-0.2, -0.15) is 0 Å². The second-order valence-corrected chi connectivity index (χ2v) is 6.39. The maximum absolute atomic E-state index is 12.2. The predicted molar refractivity (Wildman–Crippen MR) is 107 cm³/mol. The van der Waals surface area contributed by atoms with E-state index in [-0.39, 0.29) is 5.78 Å². The van der Waals surface area contributed by atoms with Crippen molar-refractivity contribution in [1.82, 2.24) is 0 Å². The molecule has 0 aliphatic carbocycles. The summed E-state index contributed by atoms with van der Waals surface area (Å²) < 4.78 is 5.37. The van der Waals surface area contributed by atoms with Gasteiger partial charge in [0.05, 0.1) is 5.56 Å². The topological polar surface area (TPSA) is 43.4 Å². The van der Waals surface area contributed by atoms with Crippen molar-refractivity contribution >= 4 is 17.8 Å². The van der Waals surface area contributed by atoms with Crippen LogP contribution < -0.4 is 4.74 Å². The number of carbonyl (C=O) groups excluding carboxylic acids is 2. The van der Waals surface area contributed by atoms with Gasteiger partial charge in [0.1, 0.15) is 5.75 Å². The van der Waals surface area contributed by atoms with Crippen molar-refractivity contribution in [3.8, 4) is 5.75 Å². The molecule has 0 radical (unpaired) electrons. The average Bonchev–Trinajstić information content (AvgIpc) is 2.68. The van der Waals surface area contributed by atoms with Crippen LogP contribution in [0.15, 0.2) is 78.9 Å².